The van der Waals surface area contributed by atoms with E-state index in [-0.39, 0.29) is 5.91 Å². The SMILES string of the molecule is O=C(Nc1cncc(-c2ccc3[nH]nc(-c4cc5c(-c6cccnc6)cccc5[nH]4)c3n2)c1)c1ccccc1. The molecule has 7 aromatic rings. The summed E-state index contributed by atoms with van der Waals surface area (Å²) in [6, 6.07) is 27.1. The van der Waals surface area contributed by atoms with Gasteiger partial charge in [-0.1, -0.05) is 36.4 Å². The molecule has 0 radical (unpaired) electrons. The Kier molecular flexibility index (Phi) is 5.41. The molecule has 0 aliphatic rings. The van der Waals surface area contributed by atoms with Gasteiger partial charge in [0.25, 0.3) is 5.91 Å². The van der Waals surface area contributed by atoms with Gasteiger partial charge in [0.15, 0.2) is 0 Å². The standard InChI is InChI=1S/C31H21N7O/c39-31(19-6-2-1-3-7-19)34-22-14-21(17-33-18-22)25-11-12-27-29(36-25)30(38-37-27)28-15-24-23(9-4-10-26(24)35-28)20-8-5-13-32-16-20/h1-18,35H,(H,34,39)(H,37,38). The lowest BCUT2D eigenvalue weighted by Crippen LogP contribution is -2.11. The number of amides is 1. The van der Waals surface area contributed by atoms with Crippen LogP contribution in [-0.4, -0.2) is 36.0 Å². The Morgan fingerprint density at radius 2 is 1.67 bits per heavy atom. The number of nitrogens with zero attached hydrogens (tertiary/aromatic N) is 4. The van der Waals surface area contributed by atoms with Gasteiger partial charge in [-0.05, 0) is 54.1 Å². The second-order valence-electron chi connectivity index (χ2n) is 9.14. The van der Waals surface area contributed by atoms with Crippen LogP contribution < -0.4 is 5.32 Å². The smallest absolute Gasteiger partial charge is 0.255 e. The van der Waals surface area contributed by atoms with Crippen molar-refractivity contribution in [1.82, 2.24) is 30.1 Å². The van der Waals surface area contributed by atoms with E-state index in [1.54, 1.807) is 30.7 Å². The highest BCUT2D eigenvalue weighted by molar-refractivity contribution is 6.04. The van der Waals surface area contributed by atoms with Crippen molar-refractivity contribution in [2.45, 2.75) is 0 Å². The largest absolute Gasteiger partial charge is 0.353 e. The Morgan fingerprint density at radius 1 is 0.769 bits per heavy atom. The molecule has 0 saturated carbocycles. The van der Waals surface area contributed by atoms with Gasteiger partial charge in [-0.3, -0.25) is 19.9 Å². The molecule has 0 aliphatic heterocycles. The molecule has 0 aliphatic carbocycles. The maximum Gasteiger partial charge on any atom is 0.255 e. The van der Waals surface area contributed by atoms with Crippen LogP contribution in [0.4, 0.5) is 5.69 Å². The van der Waals surface area contributed by atoms with Crippen molar-refractivity contribution in [2.24, 2.45) is 0 Å². The average molecular weight is 508 g/mol. The topological polar surface area (TPSA) is 112 Å². The Labute approximate surface area is 222 Å². The predicted molar refractivity (Wildman–Crippen MR) is 152 cm³/mol. The summed E-state index contributed by atoms with van der Waals surface area (Å²) in [6.45, 7) is 0. The number of aromatic nitrogens is 6. The third-order valence-electron chi connectivity index (χ3n) is 6.63. The number of fused-ring (bicyclic) bond motifs is 2. The second kappa shape index (κ2) is 9.35. The first-order valence-corrected chi connectivity index (χ1v) is 12.4. The molecule has 0 fully saturated rings. The molecule has 2 aromatic carbocycles. The number of hydrogen-bond donors (Lipinski definition) is 3. The number of hydrogen-bond acceptors (Lipinski definition) is 5. The Balaban J connectivity index is 1.25. The van der Waals surface area contributed by atoms with Gasteiger partial charge < -0.3 is 10.3 Å². The predicted octanol–water partition coefficient (Wildman–Crippen LogP) is 6.48. The highest BCUT2D eigenvalue weighted by Crippen LogP contribution is 2.34. The zero-order valence-electron chi connectivity index (χ0n) is 20.6. The summed E-state index contributed by atoms with van der Waals surface area (Å²) in [4.78, 5) is 29.7. The summed E-state index contributed by atoms with van der Waals surface area (Å²) < 4.78 is 0. The van der Waals surface area contributed by atoms with Gasteiger partial charge in [0.05, 0.1) is 28.8 Å². The number of H-pyrrole nitrogens is 2. The molecule has 0 atom stereocenters. The molecule has 8 heteroatoms. The highest BCUT2D eigenvalue weighted by atomic mass is 16.1. The number of nitrogens with one attached hydrogen (secondary N) is 3. The molecule has 5 aromatic heterocycles. The van der Waals surface area contributed by atoms with Crippen molar-refractivity contribution >= 4 is 33.5 Å². The summed E-state index contributed by atoms with van der Waals surface area (Å²) in [6.07, 6.45) is 6.99. The third-order valence-corrected chi connectivity index (χ3v) is 6.63. The fraction of sp³-hybridized carbons (Fsp3) is 0. The minimum absolute atomic E-state index is 0.195. The van der Waals surface area contributed by atoms with E-state index in [1.807, 2.05) is 60.8 Å². The number of carbonyl (C=O) groups is 1. The van der Waals surface area contributed by atoms with Crippen molar-refractivity contribution in [3.63, 3.8) is 0 Å². The fourth-order valence-electron chi connectivity index (χ4n) is 4.75. The van der Waals surface area contributed by atoms with E-state index in [0.29, 0.717) is 11.3 Å². The maximum absolute atomic E-state index is 12.6. The molecular weight excluding hydrogens is 486 g/mol. The number of carbonyl (C=O) groups excluding carboxylic acids is 1. The molecule has 7 rings (SSSR count). The van der Waals surface area contributed by atoms with Crippen LogP contribution in [0.2, 0.25) is 0 Å². The second-order valence-corrected chi connectivity index (χ2v) is 9.14. The van der Waals surface area contributed by atoms with E-state index in [2.05, 4.69) is 48.7 Å². The summed E-state index contributed by atoms with van der Waals surface area (Å²) >= 11 is 0. The van der Waals surface area contributed by atoms with Gasteiger partial charge in [-0.15, -0.1) is 0 Å². The van der Waals surface area contributed by atoms with Gasteiger partial charge in [0.2, 0.25) is 0 Å². The number of aromatic amines is 2. The molecule has 3 N–H and O–H groups in total. The fourth-order valence-corrected chi connectivity index (χ4v) is 4.75. The van der Waals surface area contributed by atoms with Crippen molar-refractivity contribution in [3.05, 3.63) is 115 Å². The average Bonchev–Trinajstić information content (AvgIpc) is 3.62. The minimum Gasteiger partial charge on any atom is -0.353 e. The van der Waals surface area contributed by atoms with Crippen LogP contribution in [0.1, 0.15) is 10.4 Å². The van der Waals surface area contributed by atoms with Crippen LogP contribution in [0.5, 0.6) is 0 Å². The lowest BCUT2D eigenvalue weighted by molar-refractivity contribution is 0.102. The number of pyridine rings is 3. The van der Waals surface area contributed by atoms with Gasteiger partial charge in [0, 0.05) is 46.2 Å². The first-order valence-electron chi connectivity index (χ1n) is 12.4. The maximum atomic E-state index is 12.6. The van der Waals surface area contributed by atoms with E-state index >= 15 is 0 Å². The lowest BCUT2D eigenvalue weighted by Gasteiger charge is -2.07. The molecular formula is C31H21N7O. The summed E-state index contributed by atoms with van der Waals surface area (Å²) in [5, 5.41) is 11.7. The van der Waals surface area contributed by atoms with E-state index in [4.69, 9.17) is 4.98 Å². The number of rotatable bonds is 5. The molecule has 186 valence electrons. The van der Waals surface area contributed by atoms with Crippen LogP contribution in [0.25, 0.3) is 55.7 Å². The van der Waals surface area contributed by atoms with Crippen molar-refractivity contribution in [1.29, 1.82) is 0 Å². The molecule has 0 unspecified atom stereocenters. The Hall–Kier alpha value is -5.63. The van der Waals surface area contributed by atoms with Gasteiger partial charge >= 0.3 is 0 Å². The van der Waals surface area contributed by atoms with Crippen LogP contribution >= 0.6 is 0 Å². The van der Waals surface area contributed by atoms with Crippen LogP contribution in [0.3, 0.4) is 0 Å². The van der Waals surface area contributed by atoms with Crippen LogP contribution in [0, 0.1) is 0 Å². The van der Waals surface area contributed by atoms with Gasteiger partial charge in [-0.2, -0.15) is 5.10 Å². The summed E-state index contributed by atoms with van der Waals surface area (Å²) in [5.41, 5.74) is 8.97. The molecule has 8 nitrogen and oxygen atoms in total. The Bertz CT molecular complexity index is 1960. The number of anilines is 1. The normalized spacial score (nSPS) is 11.2. The first kappa shape index (κ1) is 22.6. The van der Waals surface area contributed by atoms with Gasteiger partial charge in [-0.25, -0.2) is 4.98 Å². The van der Waals surface area contributed by atoms with Crippen LogP contribution in [0.15, 0.2) is 110 Å². The van der Waals surface area contributed by atoms with E-state index in [1.165, 1.54) is 0 Å². The minimum atomic E-state index is -0.195. The zero-order valence-corrected chi connectivity index (χ0v) is 20.6. The number of benzene rings is 2. The monoisotopic (exact) mass is 507 g/mol. The lowest BCUT2D eigenvalue weighted by atomic mass is 10.0. The zero-order chi connectivity index (χ0) is 26.2. The molecule has 0 saturated heterocycles. The van der Waals surface area contributed by atoms with E-state index in [9.17, 15) is 4.79 Å². The molecule has 0 bridgehead atoms. The Morgan fingerprint density at radius 3 is 2.54 bits per heavy atom. The quantitative estimate of drug-likeness (QED) is 0.247. The molecule has 1 amide bonds. The van der Waals surface area contributed by atoms with Crippen molar-refractivity contribution < 1.29 is 4.79 Å². The van der Waals surface area contributed by atoms with E-state index in [0.717, 1.165) is 55.7 Å². The van der Waals surface area contributed by atoms with Crippen molar-refractivity contribution in [2.75, 3.05) is 5.32 Å². The molecule has 39 heavy (non-hydrogen) atoms. The molecule has 0 spiro atoms. The van der Waals surface area contributed by atoms with E-state index < -0.39 is 0 Å². The van der Waals surface area contributed by atoms with Crippen molar-refractivity contribution in [3.8, 4) is 33.8 Å². The van der Waals surface area contributed by atoms with Gasteiger partial charge in [0.1, 0.15) is 11.2 Å². The first-order chi connectivity index (χ1) is 19.2. The highest BCUT2D eigenvalue weighted by Gasteiger charge is 2.16. The molecule has 5 heterocycles. The van der Waals surface area contributed by atoms with Crippen LogP contribution in [-0.2, 0) is 0 Å². The third kappa shape index (κ3) is 4.19. The summed E-state index contributed by atoms with van der Waals surface area (Å²) in [5.74, 6) is -0.195. The summed E-state index contributed by atoms with van der Waals surface area (Å²) in [7, 11) is 0.